The zero-order valence-electron chi connectivity index (χ0n) is 13.0. The highest BCUT2D eigenvalue weighted by Crippen LogP contribution is 2.15. The van der Waals surface area contributed by atoms with E-state index >= 15 is 0 Å². The smallest absolute Gasteiger partial charge is 0.255 e. The molecule has 114 valence electrons. The number of carbonyl (C=O) groups excluding carboxylic acids is 2. The molecular weight excluding hydrogens is 276 g/mol. The molecule has 2 amide bonds. The fraction of sp³-hybridized carbons (Fsp3) is 0.222. The number of para-hydroxylation sites is 1. The Labute approximate surface area is 130 Å². The molecule has 0 heterocycles. The van der Waals surface area contributed by atoms with E-state index in [4.69, 9.17) is 0 Å². The predicted octanol–water partition coefficient (Wildman–Crippen LogP) is 3.39. The molecule has 0 fully saturated rings. The summed E-state index contributed by atoms with van der Waals surface area (Å²) in [5.41, 5.74) is 2.69. The summed E-state index contributed by atoms with van der Waals surface area (Å²) in [6.45, 7) is 5.72. The van der Waals surface area contributed by atoms with Crippen molar-refractivity contribution >= 4 is 17.5 Å². The maximum Gasteiger partial charge on any atom is 0.255 e. The monoisotopic (exact) mass is 296 g/mol. The van der Waals surface area contributed by atoms with Gasteiger partial charge in [0, 0.05) is 22.9 Å². The molecule has 0 unspecified atom stereocenters. The van der Waals surface area contributed by atoms with E-state index in [0.29, 0.717) is 11.1 Å². The van der Waals surface area contributed by atoms with Crippen LogP contribution in [0.2, 0.25) is 0 Å². The number of benzene rings is 2. The third-order valence-electron chi connectivity index (χ3n) is 3.20. The van der Waals surface area contributed by atoms with Gasteiger partial charge in [0.15, 0.2) is 0 Å². The molecule has 2 aromatic rings. The normalized spacial score (nSPS) is 10.4. The number of rotatable bonds is 4. The second-order valence-electron chi connectivity index (χ2n) is 5.48. The van der Waals surface area contributed by atoms with Gasteiger partial charge in [-0.05, 0) is 50.6 Å². The van der Waals surface area contributed by atoms with E-state index in [1.54, 1.807) is 24.3 Å². The second-order valence-corrected chi connectivity index (χ2v) is 5.48. The Bertz CT molecular complexity index is 693. The van der Waals surface area contributed by atoms with E-state index in [0.717, 1.165) is 11.3 Å². The predicted molar refractivity (Wildman–Crippen MR) is 88.2 cm³/mol. The SMILES string of the molecule is Cc1ccccc1NC(=O)c1cccc(C(=O)NC(C)C)c1. The van der Waals surface area contributed by atoms with Crippen molar-refractivity contribution in [2.24, 2.45) is 0 Å². The second kappa shape index (κ2) is 6.89. The summed E-state index contributed by atoms with van der Waals surface area (Å²) in [7, 11) is 0. The lowest BCUT2D eigenvalue weighted by Gasteiger charge is -2.10. The first-order valence-corrected chi connectivity index (χ1v) is 7.25. The molecule has 0 aliphatic carbocycles. The van der Waals surface area contributed by atoms with E-state index in [1.807, 2.05) is 45.0 Å². The Morgan fingerprint density at radius 1 is 0.909 bits per heavy atom. The minimum absolute atomic E-state index is 0.0527. The molecule has 2 rings (SSSR count). The van der Waals surface area contributed by atoms with Crippen LogP contribution in [-0.4, -0.2) is 17.9 Å². The maximum atomic E-state index is 12.3. The van der Waals surface area contributed by atoms with Crippen LogP contribution in [0.5, 0.6) is 0 Å². The van der Waals surface area contributed by atoms with Crippen LogP contribution in [0.4, 0.5) is 5.69 Å². The minimum Gasteiger partial charge on any atom is -0.350 e. The molecule has 0 saturated carbocycles. The minimum atomic E-state index is -0.228. The largest absolute Gasteiger partial charge is 0.350 e. The average Bonchev–Trinajstić information content (AvgIpc) is 2.49. The van der Waals surface area contributed by atoms with Crippen molar-refractivity contribution in [2.45, 2.75) is 26.8 Å². The van der Waals surface area contributed by atoms with Crippen LogP contribution in [0.15, 0.2) is 48.5 Å². The molecule has 2 aromatic carbocycles. The number of anilines is 1. The zero-order chi connectivity index (χ0) is 16.1. The molecule has 0 aromatic heterocycles. The van der Waals surface area contributed by atoms with Gasteiger partial charge in [-0.3, -0.25) is 9.59 Å². The molecule has 2 N–H and O–H groups in total. The first-order valence-electron chi connectivity index (χ1n) is 7.25. The van der Waals surface area contributed by atoms with Crippen molar-refractivity contribution in [3.8, 4) is 0 Å². The van der Waals surface area contributed by atoms with Gasteiger partial charge in [0.25, 0.3) is 11.8 Å². The highest BCUT2D eigenvalue weighted by molar-refractivity contribution is 6.06. The van der Waals surface area contributed by atoms with E-state index in [-0.39, 0.29) is 17.9 Å². The van der Waals surface area contributed by atoms with Crippen LogP contribution < -0.4 is 10.6 Å². The topological polar surface area (TPSA) is 58.2 Å². The van der Waals surface area contributed by atoms with Gasteiger partial charge >= 0.3 is 0 Å². The number of carbonyl (C=O) groups is 2. The van der Waals surface area contributed by atoms with Crippen molar-refractivity contribution < 1.29 is 9.59 Å². The van der Waals surface area contributed by atoms with Crippen molar-refractivity contribution in [3.63, 3.8) is 0 Å². The van der Waals surface area contributed by atoms with Gasteiger partial charge in [0.1, 0.15) is 0 Å². The quantitative estimate of drug-likeness (QED) is 0.908. The standard InChI is InChI=1S/C18H20N2O2/c1-12(2)19-17(21)14-8-6-9-15(11-14)18(22)20-16-10-5-4-7-13(16)3/h4-12H,1-3H3,(H,19,21)(H,20,22). The van der Waals surface area contributed by atoms with E-state index in [9.17, 15) is 9.59 Å². The number of hydrogen-bond acceptors (Lipinski definition) is 2. The molecule has 0 aliphatic rings. The molecule has 4 nitrogen and oxygen atoms in total. The van der Waals surface area contributed by atoms with Crippen molar-refractivity contribution in [1.82, 2.24) is 5.32 Å². The van der Waals surface area contributed by atoms with Gasteiger partial charge < -0.3 is 10.6 Å². The van der Waals surface area contributed by atoms with E-state index < -0.39 is 0 Å². The maximum absolute atomic E-state index is 12.3. The summed E-state index contributed by atoms with van der Waals surface area (Å²) in [5.74, 6) is -0.408. The Morgan fingerprint density at radius 2 is 1.55 bits per heavy atom. The molecule has 0 bridgehead atoms. The molecule has 4 heteroatoms. The molecule has 0 radical (unpaired) electrons. The highest BCUT2D eigenvalue weighted by atomic mass is 16.2. The van der Waals surface area contributed by atoms with Gasteiger partial charge in [-0.1, -0.05) is 24.3 Å². The fourth-order valence-electron chi connectivity index (χ4n) is 2.05. The number of nitrogens with one attached hydrogen (secondary N) is 2. The van der Waals surface area contributed by atoms with Gasteiger partial charge in [-0.15, -0.1) is 0 Å². The Morgan fingerprint density at radius 3 is 2.18 bits per heavy atom. The van der Waals surface area contributed by atoms with Gasteiger partial charge in [-0.2, -0.15) is 0 Å². The van der Waals surface area contributed by atoms with Gasteiger partial charge in [0.05, 0.1) is 0 Å². The van der Waals surface area contributed by atoms with Gasteiger partial charge in [-0.25, -0.2) is 0 Å². The van der Waals surface area contributed by atoms with Crippen molar-refractivity contribution in [2.75, 3.05) is 5.32 Å². The summed E-state index contributed by atoms with van der Waals surface area (Å²) >= 11 is 0. The molecule has 0 aliphatic heterocycles. The molecule has 0 saturated heterocycles. The lowest BCUT2D eigenvalue weighted by atomic mass is 10.1. The average molecular weight is 296 g/mol. The number of hydrogen-bond donors (Lipinski definition) is 2. The van der Waals surface area contributed by atoms with Crippen LogP contribution in [0.1, 0.15) is 40.1 Å². The van der Waals surface area contributed by atoms with Crippen LogP contribution in [-0.2, 0) is 0 Å². The molecule has 0 atom stereocenters. The number of amides is 2. The van der Waals surface area contributed by atoms with E-state index in [2.05, 4.69) is 10.6 Å². The fourth-order valence-corrected chi connectivity index (χ4v) is 2.05. The molecule has 0 spiro atoms. The Kier molecular flexibility index (Phi) is 4.94. The summed E-state index contributed by atoms with van der Waals surface area (Å²) in [5, 5.41) is 5.68. The zero-order valence-corrected chi connectivity index (χ0v) is 13.0. The third-order valence-corrected chi connectivity index (χ3v) is 3.20. The molecule has 22 heavy (non-hydrogen) atoms. The Hall–Kier alpha value is -2.62. The van der Waals surface area contributed by atoms with Crippen molar-refractivity contribution in [3.05, 3.63) is 65.2 Å². The lowest BCUT2D eigenvalue weighted by Crippen LogP contribution is -2.30. The van der Waals surface area contributed by atoms with Crippen LogP contribution in [0.25, 0.3) is 0 Å². The highest BCUT2D eigenvalue weighted by Gasteiger charge is 2.12. The summed E-state index contributed by atoms with van der Waals surface area (Å²) in [4.78, 5) is 24.3. The first kappa shape index (κ1) is 15.8. The van der Waals surface area contributed by atoms with Crippen LogP contribution in [0.3, 0.4) is 0 Å². The number of aryl methyl sites for hydroxylation is 1. The third kappa shape index (κ3) is 3.95. The summed E-state index contributed by atoms with van der Waals surface area (Å²) < 4.78 is 0. The Balaban J connectivity index is 2.17. The summed E-state index contributed by atoms with van der Waals surface area (Å²) in [6.07, 6.45) is 0. The molecular formula is C18H20N2O2. The van der Waals surface area contributed by atoms with Gasteiger partial charge in [0.2, 0.25) is 0 Å². The lowest BCUT2D eigenvalue weighted by molar-refractivity contribution is 0.0943. The van der Waals surface area contributed by atoms with E-state index in [1.165, 1.54) is 0 Å². The first-order chi connectivity index (χ1) is 10.5. The van der Waals surface area contributed by atoms with Crippen LogP contribution >= 0.6 is 0 Å². The van der Waals surface area contributed by atoms with Crippen molar-refractivity contribution in [1.29, 1.82) is 0 Å². The van der Waals surface area contributed by atoms with Crippen LogP contribution in [0, 0.1) is 6.92 Å². The summed E-state index contributed by atoms with van der Waals surface area (Å²) in [6, 6.07) is 14.3.